The summed E-state index contributed by atoms with van der Waals surface area (Å²) in [6.07, 6.45) is 2.18. The second-order valence-electron chi connectivity index (χ2n) is 7.66. The number of aryl methyl sites for hydroxylation is 2. The standard InChI is InChI=1S/C23H23N5O/c1-14-15(2)25-21(24-14)17-7-3-4-8-18(17)22-26-19-10-9-16(13-20(19)27-22)23(29)28-11-5-6-12-28/h3-4,7-10,13H,5-6,11-12H2,1-2H3,(H,24,25)(H,26,27). The fourth-order valence-corrected chi connectivity index (χ4v) is 3.94. The van der Waals surface area contributed by atoms with Crippen LogP contribution in [0.1, 0.15) is 34.6 Å². The number of aromatic nitrogens is 4. The lowest BCUT2D eigenvalue weighted by atomic mass is 10.1. The van der Waals surface area contributed by atoms with Gasteiger partial charge in [-0.1, -0.05) is 24.3 Å². The molecular formula is C23H23N5O. The molecule has 0 atom stereocenters. The fraction of sp³-hybridized carbons (Fsp3) is 0.261. The molecule has 1 amide bonds. The van der Waals surface area contributed by atoms with Gasteiger partial charge < -0.3 is 14.9 Å². The number of hydrogen-bond acceptors (Lipinski definition) is 3. The summed E-state index contributed by atoms with van der Waals surface area (Å²) in [5.41, 5.74) is 6.45. The van der Waals surface area contributed by atoms with E-state index in [1.165, 1.54) is 0 Å². The highest BCUT2D eigenvalue weighted by Gasteiger charge is 2.20. The topological polar surface area (TPSA) is 77.7 Å². The molecule has 1 aliphatic heterocycles. The number of benzene rings is 2. The van der Waals surface area contributed by atoms with Crippen LogP contribution in [-0.4, -0.2) is 43.8 Å². The first-order chi connectivity index (χ1) is 14.1. The maximum absolute atomic E-state index is 12.7. The van der Waals surface area contributed by atoms with Gasteiger partial charge in [-0.25, -0.2) is 9.97 Å². The van der Waals surface area contributed by atoms with E-state index in [4.69, 9.17) is 4.98 Å². The molecule has 29 heavy (non-hydrogen) atoms. The summed E-state index contributed by atoms with van der Waals surface area (Å²) >= 11 is 0. The summed E-state index contributed by atoms with van der Waals surface area (Å²) in [4.78, 5) is 30.8. The summed E-state index contributed by atoms with van der Waals surface area (Å²) < 4.78 is 0. The molecule has 4 aromatic rings. The molecule has 2 aromatic carbocycles. The Morgan fingerprint density at radius 2 is 1.62 bits per heavy atom. The average Bonchev–Trinajstić information content (AvgIpc) is 3.47. The minimum absolute atomic E-state index is 0.0995. The zero-order chi connectivity index (χ0) is 20.0. The maximum atomic E-state index is 12.7. The molecule has 6 heteroatoms. The first-order valence-electron chi connectivity index (χ1n) is 10.0. The van der Waals surface area contributed by atoms with Crippen LogP contribution in [-0.2, 0) is 0 Å². The number of hydrogen-bond donors (Lipinski definition) is 2. The van der Waals surface area contributed by atoms with E-state index < -0.39 is 0 Å². The van der Waals surface area contributed by atoms with Gasteiger partial charge in [0.25, 0.3) is 5.91 Å². The van der Waals surface area contributed by atoms with Crippen molar-refractivity contribution in [3.8, 4) is 22.8 Å². The molecule has 0 unspecified atom stereocenters. The Labute approximate surface area is 169 Å². The van der Waals surface area contributed by atoms with Crippen LogP contribution in [0.25, 0.3) is 33.8 Å². The number of carbonyl (C=O) groups excluding carboxylic acids is 1. The monoisotopic (exact) mass is 385 g/mol. The van der Waals surface area contributed by atoms with Gasteiger partial charge in [-0.15, -0.1) is 0 Å². The van der Waals surface area contributed by atoms with Gasteiger partial charge in [0.2, 0.25) is 0 Å². The van der Waals surface area contributed by atoms with E-state index in [2.05, 4.69) is 15.0 Å². The summed E-state index contributed by atoms with van der Waals surface area (Å²) in [7, 11) is 0. The lowest BCUT2D eigenvalue weighted by Gasteiger charge is -2.14. The van der Waals surface area contributed by atoms with Crippen molar-refractivity contribution in [2.24, 2.45) is 0 Å². The second-order valence-corrected chi connectivity index (χ2v) is 7.66. The molecule has 0 radical (unpaired) electrons. The smallest absolute Gasteiger partial charge is 0.253 e. The van der Waals surface area contributed by atoms with E-state index in [0.717, 1.165) is 71.1 Å². The Kier molecular flexibility index (Phi) is 4.19. The third kappa shape index (κ3) is 3.10. The van der Waals surface area contributed by atoms with Crippen molar-refractivity contribution < 1.29 is 4.79 Å². The van der Waals surface area contributed by atoms with Gasteiger partial charge in [0.15, 0.2) is 0 Å². The van der Waals surface area contributed by atoms with Gasteiger partial charge in [-0.3, -0.25) is 4.79 Å². The van der Waals surface area contributed by atoms with Crippen molar-refractivity contribution in [3.63, 3.8) is 0 Å². The Morgan fingerprint density at radius 1 is 0.931 bits per heavy atom. The molecule has 1 fully saturated rings. The number of rotatable bonds is 3. The van der Waals surface area contributed by atoms with E-state index >= 15 is 0 Å². The van der Waals surface area contributed by atoms with Crippen molar-refractivity contribution in [2.45, 2.75) is 26.7 Å². The number of fused-ring (bicyclic) bond motifs is 1. The van der Waals surface area contributed by atoms with E-state index in [1.807, 2.05) is 61.2 Å². The van der Waals surface area contributed by atoms with Crippen LogP contribution >= 0.6 is 0 Å². The van der Waals surface area contributed by atoms with E-state index in [0.29, 0.717) is 5.56 Å². The Balaban J connectivity index is 1.55. The van der Waals surface area contributed by atoms with Crippen LogP contribution < -0.4 is 0 Å². The number of nitrogens with zero attached hydrogens (tertiary/aromatic N) is 3. The summed E-state index contributed by atoms with van der Waals surface area (Å²) in [5.74, 6) is 1.71. The van der Waals surface area contributed by atoms with Crippen LogP contribution in [0.15, 0.2) is 42.5 Å². The second kappa shape index (κ2) is 6.88. The first-order valence-corrected chi connectivity index (χ1v) is 10.0. The third-order valence-electron chi connectivity index (χ3n) is 5.69. The van der Waals surface area contributed by atoms with Crippen LogP contribution in [0.2, 0.25) is 0 Å². The SMILES string of the molecule is Cc1nc(-c2ccccc2-c2nc3ccc(C(=O)N4CCCC4)cc3[nH]2)[nH]c1C. The molecule has 0 aliphatic carbocycles. The predicted octanol–water partition coefficient (Wildman–Crippen LogP) is 4.47. The maximum Gasteiger partial charge on any atom is 0.253 e. The molecule has 5 rings (SSSR count). The third-order valence-corrected chi connectivity index (χ3v) is 5.69. The highest BCUT2D eigenvalue weighted by molar-refractivity contribution is 5.98. The zero-order valence-corrected chi connectivity index (χ0v) is 16.6. The summed E-state index contributed by atoms with van der Waals surface area (Å²) in [5, 5.41) is 0. The molecule has 2 N–H and O–H groups in total. The molecular weight excluding hydrogens is 362 g/mol. The largest absolute Gasteiger partial charge is 0.342 e. The van der Waals surface area contributed by atoms with Crippen LogP contribution in [0.3, 0.4) is 0 Å². The number of aromatic amines is 2. The van der Waals surface area contributed by atoms with E-state index in [9.17, 15) is 4.79 Å². The minimum Gasteiger partial charge on any atom is -0.342 e. The predicted molar refractivity (Wildman–Crippen MR) is 114 cm³/mol. The van der Waals surface area contributed by atoms with Crippen LogP contribution in [0, 0.1) is 13.8 Å². The number of imidazole rings is 2. The van der Waals surface area contributed by atoms with Gasteiger partial charge in [0.1, 0.15) is 11.6 Å². The Hall–Kier alpha value is -3.41. The fourth-order valence-electron chi connectivity index (χ4n) is 3.94. The van der Waals surface area contributed by atoms with Gasteiger partial charge in [-0.05, 0) is 44.9 Å². The Morgan fingerprint density at radius 3 is 2.28 bits per heavy atom. The van der Waals surface area contributed by atoms with Crippen molar-refractivity contribution in [2.75, 3.05) is 13.1 Å². The van der Waals surface area contributed by atoms with Gasteiger partial charge in [0, 0.05) is 35.5 Å². The molecule has 0 spiro atoms. The zero-order valence-electron chi connectivity index (χ0n) is 16.6. The molecule has 6 nitrogen and oxygen atoms in total. The lowest BCUT2D eigenvalue weighted by molar-refractivity contribution is 0.0793. The minimum atomic E-state index is 0.0995. The van der Waals surface area contributed by atoms with Crippen molar-refractivity contribution >= 4 is 16.9 Å². The van der Waals surface area contributed by atoms with Gasteiger partial charge >= 0.3 is 0 Å². The van der Waals surface area contributed by atoms with Gasteiger partial charge in [-0.2, -0.15) is 0 Å². The molecule has 1 saturated heterocycles. The quantitative estimate of drug-likeness (QED) is 0.546. The van der Waals surface area contributed by atoms with Crippen LogP contribution in [0.5, 0.6) is 0 Å². The number of likely N-dealkylation sites (tertiary alicyclic amines) is 1. The molecule has 2 aromatic heterocycles. The van der Waals surface area contributed by atoms with Gasteiger partial charge in [0.05, 0.1) is 16.7 Å². The average molecular weight is 385 g/mol. The van der Waals surface area contributed by atoms with E-state index in [1.54, 1.807) is 0 Å². The number of H-pyrrole nitrogens is 2. The highest BCUT2D eigenvalue weighted by atomic mass is 16.2. The lowest BCUT2D eigenvalue weighted by Crippen LogP contribution is -2.27. The molecule has 0 saturated carbocycles. The normalized spacial score (nSPS) is 14.1. The van der Waals surface area contributed by atoms with Crippen molar-refractivity contribution in [3.05, 3.63) is 59.4 Å². The first kappa shape index (κ1) is 17.7. The number of nitrogens with one attached hydrogen (secondary N) is 2. The number of carbonyl (C=O) groups is 1. The van der Waals surface area contributed by atoms with E-state index in [-0.39, 0.29) is 5.91 Å². The molecule has 1 aliphatic rings. The molecule has 0 bridgehead atoms. The summed E-state index contributed by atoms with van der Waals surface area (Å²) in [6.45, 7) is 5.72. The Bertz CT molecular complexity index is 1190. The highest BCUT2D eigenvalue weighted by Crippen LogP contribution is 2.31. The van der Waals surface area contributed by atoms with Crippen molar-refractivity contribution in [1.29, 1.82) is 0 Å². The van der Waals surface area contributed by atoms with Crippen LogP contribution in [0.4, 0.5) is 0 Å². The van der Waals surface area contributed by atoms with Crippen molar-refractivity contribution in [1.82, 2.24) is 24.8 Å². The summed E-state index contributed by atoms with van der Waals surface area (Å²) in [6, 6.07) is 13.8. The molecule has 3 heterocycles. The molecule has 146 valence electrons. The number of amides is 1.